The second-order valence-electron chi connectivity index (χ2n) is 6.76. The number of carbonyl (C=O) groups is 1. The number of amides is 2. The van der Waals surface area contributed by atoms with Crippen molar-refractivity contribution in [3.8, 4) is 0 Å². The normalized spacial score (nSPS) is 17.5. The Kier molecular flexibility index (Phi) is 6.63. The Labute approximate surface area is 145 Å². The van der Waals surface area contributed by atoms with Gasteiger partial charge in [-0.2, -0.15) is 0 Å². The largest absolute Gasteiger partial charge is 0.389 e. The monoisotopic (exact) mass is 333 g/mol. The van der Waals surface area contributed by atoms with Gasteiger partial charge in [0, 0.05) is 31.4 Å². The maximum atomic E-state index is 12.1. The number of carbonyl (C=O) groups excluding carboxylic acids is 1. The van der Waals surface area contributed by atoms with Gasteiger partial charge in [0.2, 0.25) is 0 Å². The van der Waals surface area contributed by atoms with Crippen molar-refractivity contribution in [3.63, 3.8) is 0 Å². The molecule has 0 aliphatic heterocycles. The van der Waals surface area contributed by atoms with E-state index < -0.39 is 5.60 Å². The maximum Gasteiger partial charge on any atom is 0.321 e. The Hall–Kier alpha value is -1.59. The number of urea groups is 1. The third kappa shape index (κ3) is 4.95. The van der Waals surface area contributed by atoms with Crippen molar-refractivity contribution < 1.29 is 9.90 Å². The van der Waals surface area contributed by atoms with Gasteiger partial charge < -0.3 is 20.6 Å². The lowest BCUT2D eigenvalue weighted by Crippen LogP contribution is -2.39. The van der Waals surface area contributed by atoms with Gasteiger partial charge in [0.15, 0.2) is 0 Å². The molecule has 0 bridgehead atoms. The van der Waals surface area contributed by atoms with Gasteiger partial charge >= 0.3 is 6.03 Å². The molecule has 1 aliphatic rings. The van der Waals surface area contributed by atoms with Crippen LogP contribution in [0.5, 0.6) is 0 Å². The molecule has 3 N–H and O–H groups in total. The molecule has 1 atom stereocenters. The van der Waals surface area contributed by atoms with Crippen molar-refractivity contribution in [2.75, 3.05) is 25.0 Å². The van der Waals surface area contributed by atoms with Crippen LogP contribution in [0.2, 0.25) is 0 Å². The number of hydrogen-bond donors (Lipinski definition) is 3. The van der Waals surface area contributed by atoms with E-state index in [0.717, 1.165) is 36.9 Å². The number of aliphatic hydroxyl groups is 1. The summed E-state index contributed by atoms with van der Waals surface area (Å²) >= 11 is 0. The van der Waals surface area contributed by atoms with E-state index >= 15 is 0 Å². The molecule has 1 unspecified atom stereocenters. The standard InChI is InChI=1S/C19H31N3O2/c1-4-22(5-2)18(23)21-17-10-8-16(9-11-17)15(3)20-14-19(24)12-6-7-13-19/h8-11,15,20,24H,4-7,12-14H2,1-3H3,(H,21,23). The van der Waals surface area contributed by atoms with E-state index in [1.165, 1.54) is 0 Å². The van der Waals surface area contributed by atoms with E-state index in [1.807, 2.05) is 38.1 Å². The van der Waals surface area contributed by atoms with Gasteiger partial charge in [0.25, 0.3) is 0 Å². The molecular formula is C19H31N3O2. The molecule has 1 aromatic rings. The van der Waals surface area contributed by atoms with Crippen LogP contribution in [0.4, 0.5) is 10.5 Å². The van der Waals surface area contributed by atoms with Crippen molar-refractivity contribution in [3.05, 3.63) is 29.8 Å². The van der Waals surface area contributed by atoms with Gasteiger partial charge in [0.1, 0.15) is 0 Å². The van der Waals surface area contributed by atoms with Crippen LogP contribution in [-0.2, 0) is 0 Å². The molecule has 1 aliphatic carbocycles. The number of rotatable bonds is 7. The summed E-state index contributed by atoms with van der Waals surface area (Å²) in [6.45, 7) is 8.07. The molecule has 2 amide bonds. The zero-order chi connectivity index (χ0) is 17.6. The van der Waals surface area contributed by atoms with Crippen molar-refractivity contribution in [2.24, 2.45) is 0 Å². The van der Waals surface area contributed by atoms with E-state index in [1.54, 1.807) is 4.90 Å². The maximum absolute atomic E-state index is 12.1. The molecule has 0 saturated heterocycles. The summed E-state index contributed by atoms with van der Waals surface area (Å²) in [6, 6.07) is 8.01. The van der Waals surface area contributed by atoms with Crippen molar-refractivity contribution in [2.45, 2.75) is 58.1 Å². The zero-order valence-corrected chi connectivity index (χ0v) is 15.1. The molecule has 5 nitrogen and oxygen atoms in total. The Morgan fingerprint density at radius 3 is 2.33 bits per heavy atom. The molecule has 1 saturated carbocycles. The van der Waals surface area contributed by atoms with Crippen molar-refractivity contribution >= 4 is 11.7 Å². The minimum atomic E-state index is -0.536. The lowest BCUT2D eigenvalue weighted by Gasteiger charge is -2.25. The van der Waals surface area contributed by atoms with Gasteiger partial charge in [0.05, 0.1) is 5.60 Å². The van der Waals surface area contributed by atoms with Crippen molar-refractivity contribution in [1.29, 1.82) is 0 Å². The van der Waals surface area contributed by atoms with E-state index in [0.29, 0.717) is 19.6 Å². The second kappa shape index (κ2) is 8.49. The van der Waals surface area contributed by atoms with Gasteiger partial charge in [-0.05, 0) is 51.3 Å². The highest BCUT2D eigenvalue weighted by atomic mass is 16.3. The first kappa shape index (κ1) is 18.7. The lowest BCUT2D eigenvalue weighted by atomic mass is 10.0. The summed E-state index contributed by atoms with van der Waals surface area (Å²) in [6.07, 6.45) is 4.02. The Morgan fingerprint density at radius 2 is 1.79 bits per heavy atom. The van der Waals surface area contributed by atoms with Gasteiger partial charge in [-0.15, -0.1) is 0 Å². The quantitative estimate of drug-likeness (QED) is 0.715. The molecule has 2 rings (SSSR count). The van der Waals surface area contributed by atoms with Crippen LogP contribution in [-0.4, -0.2) is 41.3 Å². The Bertz CT molecular complexity index is 520. The first-order valence-corrected chi connectivity index (χ1v) is 9.09. The van der Waals surface area contributed by atoms with E-state index in [9.17, 15) is 9.90 Å². The van der Waals surface area contributed by atoms with Crippen molar-refractivity contribution in [1.82, 2.24) is 10.2 Å². The highest BCUT2D eigenvalue weighted by molar-refractivity contribution is 5.89. The first-order valence-electron chi connectivity index (χ1n) is 9.09. The molecule has 24 heavy (non-hydrogen) atoms. The second-order valence-corrected chi connectivity index (χ2v) is 6.76. The molecular weight excluding hydrogens is 302 g/mol. The van der Waals surface area contributed by atoms with Gasteiger partial charge in [-0.1, -0.05) is 25.0 Å². The van der Waals surface area contributed by atoms with Crippen LogP contribution in [0.15, 0.2) is 24.3 Å². The average Bonchev–Trinajstić information content (AvgIpc) is 3.01. The molecule has 0 spiro atoms. The molecule has 0 radical (unpaired) electrons. The topological polar surface area (TPSA) is 64.6 Å². The minimum absolute atomic E-state index is 0.0672. The summed E-state index contributed by atoms with van der Waals surface area (Å²) in [5.74, 6) is 0. The Morgan fingerprint density at radius 1 is 1.21 bits per heavy atom. The van der Waals surface area contributed by atoms with Crippen LogP contribution < -0.4 is 10.6 Å². The van der Waals surface area contributed by atoms with Gasteiger partial charge in [-0.3, -0.25) is 0 Å². The third-order valence-corrected chi connectivity index (χ3v) is 4.98. The van der Waals surface area contributed by atoms with E-state index in [2.05, 4.69) is 17.6 Å². The van der Waals surface area contributed by atoms with Crippen LogP contribution in [0.25, 0.3) is 0 Å². The minimum Gasteiger partial charge on any atom is -0.389 e. The fourth-order valence-corrected chi connectivity index (χ4v) is 3.24. The van der Waals surface area contributed by atoms with E-state index in [4.69, 9.17) is 0 Å². The number of anilines is 1. The summed E-state index contributed by atoms with van der Waals surface area (Å²) in [4.78, 5) is 13.8. The molecule has 134 valence electrons. The smallest absolute Gasteiger partial charge is 0.321 e. The predicted molar refractivity (Wildman–Crippen MR) is 98.2 cm³/mol. The van der Waals surface area contributed by atoms with Gasteiger partial charge in [-0.25, -0.2) is 4.79 Å². The highest BCUT2D eigenvalue weighted by Gasteiger charge is 2.31. The first-order chi connectivity index (χ1) is 11.5. The summed E-state index contributed by atoms with van der Waals surface area (Å²) in [5.41, 5.74) is 1.42. The average molecular weight is 333 g/mol. The molecule has 1 aromatic carbocycles. The van der Waals surface area contributed by atoms with E-state index in [-0.39, 0.29) is 12.1 Å². The Balaban J connectivity index is 1.87. The molecule has 1 fully saturated rings. The summed E-state index contributed by atoms with van der Waals surface area (Å²) in [5, 5.41) is 16.8. The number of hydrogen-bond acceptors (Lipinski definition) is 3. The molecule has 5 heteroatoms. The fraction of sp³-hybridized carbons (Fsp3) is 0.632. The zero-order valence-electron chi connectivity index (χ0n) is 15.1. The summed E-state index contributed by atoms with van der Waals surface area (Å²) < 4.78 is 0. The fourth-order valence-electron chi connectivity index (χ4n) is 3.24. The van der Waals surface area contributed by atoms with Crippen LogP contribution in [0, 0.1) is 0 Å². The number of nitrogens with zero attached hydrogens (tertiary/aromatic N) is 1. The SMILES string of the molecule is CCN(CC)C(=O)Nc1ccc(C(C)NCC2(O)CCCC2)cc1. The van der Waals surface area contributed by atoms with Crippen LogP contribution in [0.1, 0.15) is 58.1 Å². The third-order valence-electron chi connectivity index (χ3n) is 4.98. The predicted octanol–water partition coefficient (Wildman–Crippen LogP) is 3.52. The number of benzene rings is 1. The number of nitrogens with one attached hydrogen (secondary N) is 2. The van der Waals surface area contributed by atoms with Crippen LogP contribution >= 0.6 is 0 Å². The molecule has 0 aromatic heterocycles. The summed E-state index contributed by atoms with van der Waals surface area (Å²) in [7, 11) is 0. The lowest BCUT2D eigenvalue weighted by molar-refractivity contribution is 0.0453. The highest BCUT2D eigenvalue weighted by Crippen LogP contribution is 2.29. The molecule has 0 heterocycles. The van der Waals surface area contributed by atoms with Crippen LogP contribution in [0.3, 0.4) is 0 Å².